The summed E-state index contributed by atoms with van der Waals surface area (Å²) in [4.78, 5) is 7.65. The minimum Gasteiger partial charge on any atom is -0.342 e. The van der Waals surface area contributed by atoms with Crippen LogP contribution in [-0.2, 0) is 6.54 Å². The number of imidazole rings is 1. The topological polar surface area (TPSA) is 58.0 Å². The molecule has 29 heavy (non-hydrogen) atoms. The number of aromatic nitrogens is 3. The fourth-order valence-corrected chi connectivity index (χ4v) is 3.46. The van der Waals surface area contributed by atoms with Crippen LogP contribution in [-0.4, -0.2) is 20.7 Å². The van der Waals surface area contributed by atoms with Gasteiger partial charge in [0.05, 0.1) is 17.2 Å². The molecular formula is C23H18FN5. The molecule has 2 heterocycles. The molecular weight excluding hydrogens is 365 g/mol. The fourth-order valence-electron chi connectivity index (χ4n) is 3.46. The lowest BCUT2D eigenvalue weighted by Gasteiger charge is -2.05. The number of rotatable bonds is 5. The van der Waals surface area contributed by atoms with Gasteiger partial charge in [0.25, 0.3) is 0 Å². The van der Waals surface area contributed by atoms with Crippen LogP contribution in [0, 0.1) is 5.82 Å². The molecule has 142 valence electrons. The predicted octanol–water partition coefficient (Wildman–Crippen LogP) is 5.15. The van der Waals surface area contributed by atoms with Crippen LogP contribution in [0.1, 0.15) is 11.1 Å². The second-order valence-electron chi connectivity index (χ2n) is 6.83. The Kier molecular flexibility index (Phi) is 4.29. The molecule has 0 atom stereocenters. The standard InChI is InChI=1S/C23H18FN5/c24-18-11-9-16(10-12-18)14-29-15-17(19-5-1-4-8-22(19)29)13-25-28-23-26-20-6-2-3-7-21(20)27-23/h1-13,15H,14H2,(H2,26,27,28). The Morgan fingerprint density at radius 1 is 1.00 bits per heavy atom. The summed E-state index contributed by atoms with van der Waals surface area (Å²) in [6, 6.07) is 22.6. The molecule has 0 amide bonds. The van der Waals surface area contributed by atoms with Crippen LogP contribution in [0.4, 0.5) is 10.3 Å². The average molecular weight is 383 g/mol. The Morgan fingerprint density at radius 2 is 1.79 bits per heavy atom. The van der Waals surface area contributed by atoms with Gasteiger partial charge in [0.2, 0.25) is 5.95 Å². The molecule has 0 spiro atoms. The van der Waals surface area contributed by atoms with Gasteiger partial charge >= 0.3 is 0 Å². The molecule has 0 saturated carbocycles. The third kappa shape index (κ3) is 3.48. The summed E-state index contributed by atoms with van der Waals surface area (Å²) in [5.74, 6) is 0.369. The van der Waals surface area contributed by atoms with E-state index in [1.165, 1.54) is 12.1 Å². The van der Waals surface area contributed by atoms with E-state index < -0.39 is 0 Å². The van der Waals surface area contributed by atoms with Gasteiger partial charge in [-0.25, -0.2) is 14.8 Å². The Labute approximate surface area is 166 Å². The van der Waals surface area contributed by atoms with Crippen molar-refractivity contribution in [2.24, 2.45) is 5.10 Å². The van der Waals surface area contributed by atoms with E-state index in [2.05, 4.69) is 43.4 Å². The molecule has 0 fully saturated rings. The number of hydrogen-bond acceptors (Lipinski definition) is 3. The molecule has 5 rings (SSSR count). The number of hydrogen-bond donors (Lipinski definition) is 2. The molecule has 6 heteroatoms. The number of halogens is 1. The number of nitrogens with zero attached hydrogens (tertiary/aromatic N) is 3. The predicted molar refractivity (Wildman–Crippen MR) is 115 cm³/mol. The van der Waals surface area contributed by atoms with Crippen molar-refractivity contribution in [2.75, 3.05) is 5.43 Å². The first kappa shape index (κ1) is 17.2. The Morgan fingerprint density at radius 3 is 2.66 bits per heavy atom. The number of H-pyrrole nitrogens is 1. The molecule has 0 aliphatic carbocycles. The van der Waals surface area contributed by atoms with E-state index in [1.54, 1.807) is 18.3 Å². The van der Waals surface area contributed by atoms with Crippen LogP contribution in [0.5, 0.6) is 0 Å². The number of nitrogens with one attached hydrogen (secondary N) is 2. The van der Waals surface area contributed by atoms with Gasteiger partial charge in [-0.1, -0.05) is 42.5 Å². The van der Waals surface area contributed by atoms with E-state index in [0.717, 1.165) is 33.1 Å². The van der Waals surface area contributed by atoms with Crippen molar-refractivity contribution in [1.29, 1.82) is 0 Å². The zero-order valence-electron chi connectivity index (χ0n) is 15.5. The second-order valence-corrected chi connectivity index (χ2v) is 6.83. The number of para-hydroxylation sites is 3. The van der Waals surface area contributed by atoms with E-state index in [0.29, 0.717) is 12.5 Å². The summed E-state index contributed by atoms with van der Waals surface area (Å²) in [5.41, 5.74) is 7.94. The maximum absolute atomic E-state index is 13.2. The molecule has 0 bridgehead atoms. The highest BCUT2D eigenvalue weighted by Gasteiger charge is 2.07. The summed E-state index contributed by atoms with van der Waals surface area (Å²) >= 11 is 0. The Balaban J connectivity index is 1.42. The Hall–Kier alpha value is -3.93. The Bertz CT molecular complexity index is 1280. The molecule has 0 radical (unpaired) electrons. The van der Waals surface area contributed by atoms with Crippen molar-refractivity contribution < 1.29 is 4.39 Å². The van der Waals surface area contributed by atoms with E-state index in [4.69, 9.17) is 0 Å². The molecule has 3 aromatic carbocycles. The van der Waals surface area contributed by atoms with Gasteiger partial charge in [-0.2, -0.15) is 5.10 Å². The second kappa shape index (κ2) is 7.24. The van der Waals surface area contributed by atoms with Gasteiger partial charge in [-0.15, -0.1) is 0 Å². The number of benzene rings is 3. The van der Waals surface area contributed by atoms with E-state index >= 15 is 0 Å². The summed E-state index contributed by atoms with van der Waals surface area (Å²) in [6.07, 6.45) is 3.84. The molecule has 2 aromatic heterocycles. The first-order valence-electron chi connectivity index (χ1n) is 9.32. The van der Waals surface area contributed by atoms with Crippen LogP contribution in [0.15, 0.2) is 84.1 Å². The maximum Gasteiger partial charge on any atom is 0.222 e. The molecule has 0 aliphatic rings. The molecule has 0 unspecified atom stereocenters. The van der Waals surface area contributed by atoms with Crippen molar-refractivity contribution in [3.05, 3.63) is 95.9 Å². The lowest BCUT2D eigenvalue weighted by molar-refractivity contribution is 0.626. The molecule has 0 saturated heterocycles. The van der Waals surface area contributed by atoms with Crippen molar-refractivity contribution in [3.8, 4) is 0 Å². The summed E-state index contributed by atoms with van der Waals surface area (Å²) in [7, 11) is 0. The normalized spacial score (nSPS) is 11.6. The molecule has 0 aliphatic heterocycles. The van der Waals surface area contributed by atoms with Crippen molar-refractivity contribution in [3.63, 3.8) is 0 Å². The third-order valence-corrected chi connectivity index (χ3v) is 4.85. The highest BCUT2D eigenvalue weighted by molar-refractivity contribution is 5.99. The van der Waals surface area contributed by atoms with Crippen molar-refractivity contribution in [1.82, 2.24) is 14.5 Å². The summed E-state index contributed by atoms with van der Waals surface area (Å²) in [6.45, 7) is 0.658. The molecule has 5 nitrogen and oxygen atoms in total. The van der Waals surface area contributed by atoms with Crippen LogP contribution >= 0.6 is 0 Å². The van der Waals surface area contributed by atoms with Crippen LogP contribution in [0.25, 0.3) is 21.9 Å². The van der Waals surface area contributed by atoms with Crippen molar-refractivity contribution >= 4 is 34.1 Å². The van der Waals surface area contributed by atoms with Gasteiger partial charge in [-0.3, -0.25) is 0 Å². The maximum atomic E-state index is 13.2. The summed E-state index contributed by atoms with van der Waals surface area (Å²) in [5, 5.41) is 5.46. The summed E-state index contributed by atoms with van der Waals surface area (Å²) < 4.78 is 15.3. The van der Waals surface area contributed by atoms with E-state index in [9.17, 15) is 4.39 Å². The van der Waals surface area contributed by atoms with Gasteiger partial charge in [-0.05, 0) is 35.9 Å². The number of fused-ring (bicyclic) bond motifs is 2. The zero-order chi connectivity index (χ0) is 19.6. The first-order chi connectivity index (χ1) is 14.3. The third-order valence-electron chi connectivity index (χ3n) is 4.85. The lowest BCUT2D eigenvalue weighted by Crippen LogP contribution is -1.98. The monoisotopic (exact) mass is 383 g/mol. The lowest BCUT2D eigenvalue weighted by atomic mass is 10.2. The van der Waals surface area contributed by atoms with Gasteiger partial charge < -0.3 is 9.55 Å². The molecule has 5 aromatic rings. The fraction of sp³-hybridized carbons (Fsp3) is 0.0435. The number of aromatic amines is 1. The minimum atomic E-state index is -0.226. The largest absolute Gasteiger partial charge is 0.342 e. The van der Waals surface area contributed by atoms with Crippen LogP contribution in [0.2, 0.25) is 0 Å². The van der Waals surface area contributed by atoms with Gasteiger partial charge in [0, 0.05) is 29.2 Å². The average Bonchev–Trinajstić information content (AvgIpc) is 3.31. The highest BCUT2D eigenvalue weighted by atomic mass is 19.1. The van der Waals surface area contributed by atoms with Crippen LogP contribution < -0.4 is 5.43 Å². The zero-order valence-corrected chi connectivity index (χ0v) is 15.5. The van der Waals surface area contributed by atoms with Crippen LogP contribution in [0.3, 0.4) is 0 Å². The van der Waals surface area contributed by atoms with E-state index in [1.807, 2.05) is 36.4 Å². The first-order valence-corrected chi connectivity index (χ1v) is 9.32. The quantitative estimate of drug-likeness (QED) is 0.326. The number of hydrazone groups is 1. The SMILES string of the molecule is Fc1ccc(Cn2cc(C=NNc3nc4ccccc4[nH]3)c3ccccc32)cc1. The minimum absolute atomic E-state index is 0.226. The smallest absolute Gasteiger partial charge is 0.222 e. The molecule has 2 N–H and O–H groups in total. The number of anilines is 1. The van der Waals surface area contributed by atoms with E-state index in [-0.39, 0.29) is 5.82 Å². The van der Waals surface area contributed by atoms with Crippen molar-refractivity contribution in [2.45, 2.75) is 6.54 Å². The highest BCUT2D eigenvalue weighted by Crippen LogP contribution is 2.21. The van der Waals surface area contributed by atoms with Gasteiger partial charge in [0.1, 0.15) is 5.82 Å². The van der Waals surface area contributed by atoms with Gasteiger partial charge in [0.15, 0.2) is 0 Å².